The van der Waals surface area contributed by atoms with E-state index in [-0.39, 0.29) is 0 Å². The SMILES string of the molecule is COC(=O)c1c(C)noc1-c1ccc(Br)c(C)n1. The van der Waals surface area contributed by atoms with E-state index in [0.717, 1.165) is 10.2 Å². The molecule has 0 aliphatic heterocycles. The molecule has 0 fully saturated rings. The number of esters is 1. The number of aryl methyl sites for hydroxylation is 2. The van der Waals surface area contributed by atoms with Crippen LogP contribution in [0.5, 0.6) is 0 Å². The highest BCUT2D eigenvalue weighted by Gasteiger charge is 2.23. The molecule has 6 heteroatoms. The number of ether oxygens (including phenoxy) is 1. The number of hydrogen-bond donors (Lipinski definition) is 0. The average molecular weight is 311 g/mol. The van der Waals surface area contributed by atoms with Gasteiger partial charge in [-0.15, -0.1) is 0 Å². The lowest BCUT2D eigenvalue weighted by molar-refractivity contribution is 0.0600. The molecule has 0 radical (unpaired) electrons. The average Bonchev–Trinajstić information content (AvgIpc) is 2.74. The molecule has 2 aromatic heterocycles. The van der Waals surface area contributed by atoms with Crippen LogP contribution in [0.2, 0.25) is 0 Å². The fourth-order valence-electron chi connectivity index (χ4n) is 1.56. The number of pyridine rings is 1. The smallest absolute Gasteiger partial charge is 0.343 e. The first kappa shape index (κ1) is 12.8. The highest BCUT2D eigenvalue weighted by Crippen LogP contribution is 2.27. The minimum atomic E-state index is -0.480. The summed E-state index contributed by atoms with van der Waals surface area (Å²) in [6, 6.07) is 3.60. The van der Waals surface area contributed by atoms with Crippen LogP contribution in [0.15, 0.2) is 21.1 Å². The lowest BCUT2D eigenvalue weighted by atomic mass is 10.1. The van der Waals surface area contributed by atoms with Crippen LogP contribution in [0, 0.1) is 13.8 Å². The monoisotopic (exact) mass is 310 g/mol. The number of halogens is 1. The molecule has 0 aliphatic carbocycles. The van der Waals surface area contributed by atoms with E-state index in [4.69, 9.17) is 9.26 Å². The molecule has 2 heterocycles. The quantitative estimate of drug-likeness (QED) is 0.798. The number of methoxy groups -OCH3 is 1. The summed E-state index contributed by atoms with van der Waals surface area (Å²) in [5.74, 6) is -0.152. The summed E-state index contributed by atoms with van der Waals surface area (Å²) in [7, 11) is 1.32. The summed E-state index contributed by atoms with van der Waals surface area (Å²) in [5, 5.41) is 3.79. The lowest BCUT2D eigenvalue weighted by Crippen LogP contribution is -2.04. The summed E-state index contributed by atoms with van der Waals surface area (Å²) in [4.78, 5) is 16.0. The zero-order valence-electron chi connectivity index (χ0n) is 10.2. The Hall–Kier alpha value is -1.69. The number of hydrogen-bond acceptors (Lipinski definition) is 5. The van der Waals surface area contributed by atoms with Crippen LogP contribution in [0.4, 0.5) is 0 Å². The fourth-order valence-corrected chi connectivity index (χ4v) is 1.78. The molecule has 0 spiro atoms. The van der Waals surface area contributed by atoms with Crippen molar-refractivity contribution < 1.29 is 14.1 Å². The van der Waals surface area contributed by atoms with Crippen molar-refractivity contribution in [3.8, 4) is 11.5 Å². The second-order valence-electron chi connectivity index (χ2n) is 3.73. The molecule has 94 valence electrons. The molecule has 2 aromatic rings. The topological polar surface area (TPSA) is 65.2 Å². The third-order valence-electron chi connectivity index (χ3n) is 2.51. The van der Waals surface area contributed by atoms with Crippen LogP contribution in [0.3, 0.4) is 0 Å². The number of carbonyl (C=O) groups is 1. The van der Waals surface area contributed by atoms with Crippen LogP contribution in [0.25, 0.3) is 11.5 Å². The van der Waals surface area contributed by atoms with Crippen molar-refractivity contribution in [2.75, 3.05) is 7.11 Å². The van der Waals surface area contributed by atoms with E-state index >= 15 is 0 Å². The Kier molecular flexibility index (Phi) is 3.47. The molecular weight excluding hydrogens is 300 g/mol. The van der Waals surface area contributed by atoms with Gasteiger partial charge in [0.05, 0.1) is 18.5 Å². The molecule has 0 N–H and O–H groups in total. The van der Waals surface area contributed by atoms with Crippen molar-refractivity contribution in [1.29, 1.82) is 0 Å². The van der Waals surface area contributed by atoms with Gasteiger partial charge in [-0.3, -0.25) is 0 Å². The highest BCUT2D eigenvalue weighted by molar-refractivity contribution is 9.10. The molecule has 0 aromatic carbocycles. The van der Waals surface area contributed by atoms with E-state index in [1.54, 1.807) is 13.0 Å². The summed E-state index contributed by atoms with van der Waals surface area (Å²) in [5.41, 5.74) is 2.15. The summed E-state index contributed by atoms with van der Waals surface area (Å²) >= 11 is 3.37. The molecule has 0 amide bonds. The number of aromatic nitrogens is 2. The van der Waals surface area contributed by atoms with Gasteiger partial charge in [0.15, 0.2) is 5.76 Å². The summed E-state index contributed by atoms with van der Waals surface area (Å²) in [6.07, 6.45) is 0. The van der Waals surface area contributed by atoms with Gasteiger partial charge in [-0.25, -0.2) is 9.78 Å². The maximum Gasteiger partial charge on any atom is 0.343 e. The predicted molar refractivity (Wildman–Crippen MR) is 68.2 cm³/mol. The number of rotatable bonds is 2. The summed E-state index contributed by atoms with van der Waals surface area (Å²) in [6.45, 7) is 3.54. The second kappa shape index (κ2) is 4.89. The van der Waals surface area contributed by atoms with Gasteiger partial charge in [0.1, 0.15) is 11.3 Å². The molecular formula is C12H11BrN2O3. The second-order valence-corrected chi connectivity index (χ2v) is 4.58. The normalized spacial score (nSPS) is 10.4. The van der Waals surface area contributed by atoms with Crippen LogP contribution in [-0.2, 0) is 4.74 Å². The van der Waals surface area contributed by atoms with Crippen molar-refractivity contribution in [1.82, 2.24) is 10.1 Å². The predicted octanol–water partition coefficient (Wildman–Crippen LogP) is 2.90. The van der Waals surface area contributed by atoms with Gasteiger partial charge in [0, 0.05) is 4.47 Å². The minimum absolute atomic E-state index is 0.312. The Labute approximate surface area is 112 Å². The van der Waals surface area contributed by atoms with E-state index in [1.165, 1.54) is 7.11 Å². The van der Waals surface area contributed by atoms with E-state index in [0.29, 0.717) is 22.7 Å². The maximum absolute atomic E-state index is 11.7. The van der Waals surface area contributed by atoms with E-state index < -0.39 is 5.97 Å². The third-order valence-corrected chi connectivity index (χ3v) is 3.34. The first-order valence-electron chi connectivity index (χ1n) is 5.22. The van der Waals surface area contributed by atoms with E-state index in [2.05, 4.69) is 26.1 Å². The van der Waals surface area contributed by atoms with E-state index in [1.807, 2.05) is 13.0 Å². The van der Waals surface area contributed by atoms with Gasteiger partial charge in [-0.05, 0) is 41.9 Å². The van der Waals surface area contributed by atoms with Gasteiger partial charge in [0.2, 0.25) is 0 Å². The van der Waals surface area contributed by atoms with Crippen molar-refractivity contribution in [3.63, 3.8) is 0 Å². The molecule has 0 bridgehead atoms. The molecule has 2 rings (SSSR count). The van der Waals surface area contributed by atoms with E-state index in [9.17, 15) is 4.79 Å². The first-order valence-corrected chi connectivity index (χ1v) is 6.02. The van der Waals surface area contributed by atoms with Gasteiger partial charge in [-0.1, -0.05) is 5.16 Å². The van der Waals surface area contributed by atoms with Crippen LogP contribution in [0.1, 0.15) is 21.7 Å². The Morgan fingerprint density at radius 3 is 2.67 bits per heavy atom. The standard InChI is InChI=1S/C12H11BrN2O3/c1-6-8(13)4-5-9(14-6)11-10(12(16)17-3)7(2)15-18-11/h4-5H,1-3H3. The Morgan fingerprint density at radius 2 is 2.06 bits per heavy atom. The molecule has 18 heavy (non-hydrogen) atoms. The fraction of sp³-hybridized carbons (Fsp3) is 0.250. The zero-order chi connectivity index (χ0) is 13.3. The number of nitrogens with zero attached hydrogens (tertiary/aromatic N) is 2. The maximum atomic E-state index is 11.7. The van der Waals surface area contributed by atoms with Crippen molar-refractivity contribution in [2.45, 2.75) is 13.8 Å². The Bertz CT molecular complexity index is 607. The van der Waals surface area contributed by atoms with Crippen LogP contribution >= 0.6 is 15.9 Å². The third kappa shape index (κ3) is 2.15. The molecule has 5 nitrogen and oxygen atoms in total. The molecule has 0 saturated carbocycles. The lowest BCUT2D eigenvalue weighted by Gasteiger charge is -2.02. The summed E-state index contributed by atoms with van der Waals surface area (Å²) < 4.78 is 10.8. The largest absolute Gasteiger partial charge is 0.465 e. The van der Waals surface area contributed by atoms with Gasteiger partial charge < -0.3 is 9.26 Å². The minimum Gasteiger partial charge on any atom is -0.465 e. The van der Waals surface area contributed by atoms with Crippen LogP contribution < -0.4 is 0 Å². The number of carbonyl (C=O) groups excluding carboxylic acids is 1. The first-order chi connectivity index (χ1) is 8.54. The molecule has 0 saturated heterocycles. The highest BCUT2D eigenvalue weighted by atomic mass is 79.9. The van der Waals surface area contributed by atoms with Crippen molar-refractivity contribution in [3.05, 3.63) is 33.6 Å². The molecule has 0 aliphatic rings. The van der Waals surface area contributed by atoms with Crippen LogP contribution in [-0.4, -0.2) is 23.2 Å². The van der Waals surface area contributed by atoms with Gasteiger partial charge in [0.25, 0.3) is 0 Å². The molecule has 0 unspecified atom stereocenters. The van der Waals surface area contributed by atoms with Gasteiger partial charge in [-0.2, -0.15) is 0 Å². The Balaban J connectivity index is 2.57. The Morgan fingerprint density at radius 1 is 1.33 bits per heavy atom. The van der Waals surface area contributed by atoms with Gasteiger partial charge >= 0.3 is 5.97 Å². The molecule has 0 atom stereocenters. The zero-order valence-corrected chi connectivity index (χ0v) is 11.7. The van der Waals surface area contributed by atoms with Crippen molar-refractivity contribution >= 4 is 21.9 Å². The van der Waals surface area contributed by atoms with Crippen molar-refractivity contribution in [2.24, 2.45) is 0 Å².